The van der Waals surface area contributed by atoms with E-state index in [2.05, 4.69) is 10.3 Å². The van der Waals surface area contributed by atoms with Crippen LogP contribution in [0.3, 0.4) is 0 Å². The maximum atomic E-state index is 12.1. The number of hydrogen-bond acceptors (Lipinski definition) is 4. The van der Waals surface area contributed by atoms with E-state index in [1.165, 1.54) is 7.11 Å². The summed E-state index contributed by atoms with van der Waals surface area (Å²) in [5, 5.41) is 2.77. The van der Waals surface area contributed by atoms with Crippen LogP contribution in [-0.2, 0) is 0 Å². The molecule has 2 rings (SSSR count). The van der Waals surface area contributed by atoms with E-state index in [4.69, 9.17) is 9.47 Å². The molecule has 98 valence electrons. The molecule has 0 unspecified atom stereocenters. The lowest BCUT2D eigenvalue weighted by Crippen LogP contribution is -2.13. The molecule has 1 amide bonds. The van der Waals surface area contributed by atoms with Crippen LogP contribution < -0.4 is 14.8 Å². The van der Waals surface area contributed by atoms with Gasteiger partial charge < -0.3 is 14.8 Å². The molecule has 0 aliphatic heterocycles. The number of amides is 1. The second-order valence-electron chi connectivity index (χ2n) is 3.74. The minimum Gasteiger partial charge on any atom is -0.497 e. The van der Waals surface area contributed by atoms with Gasteiger partial charge in [0.25, 0.3) is 5.91 Å². The van der Waals surface area contributed by atoms with Crippen LogP contribution in [0.1, 0.15) is 10.4 Å². The molecule has 0 radical (unpaired) electrons. The number of carbonyl (C=O) groups is 1. The fourth-order valence-electron chi connectivity index (χ4n) is 1.60. The summed E-state index contributed by atoms with van der Waals surface area (Å²) >= 11 is 0. The van der Waals surface area contributed by atoms with Crippen molar-refractivity contribution in [2.24, 2.45) is 0 Å². The minimum atomic E-state index is -0.268. The maximum absolute atomic E-state index is 12.1. The third-order valence-electron chi connectivity index (χ3n) is 2.56. The van der Waals surface area contributed by atoms with Crippen molar-refractivity contribution < 1.29 is 14.3 Å². The maximum Gasteiger partial charge on any atom is 0.261 e. The number of nitrogens with zero attached hydrogens (tertiary/aromatic N) is 1. The molecule has 1 aromatic carbocycles. The molecule has 5 heteroatoms. The van der Waals surface area contributed by atoms with Crippen molar-refractivity contribution >= 4 is 11.6 Å². The molecule has 0 fully saturated rings. The van der Waals surface area contributed by atoms with Crippen molar-refractivity contribution in [1.82, 2.24) is 4.98 Å². The molecule has 0 bridgehead atoms. The third kappa shape index (κ3) is 3.01. The Morgan fingerprint density at radius 3 is 2.47 bits per heavy atom. The number of anilines is 1. The lowest BCUT2D eigenvalue weighted by Gasteiger charge is -2.08. The first-order valence-electron chi connectivity index (χ1n) is 5.69. The first-order chi connectivity index (χ1) is 9.24. The smallest absolute Gasteiger partial charge is 0.261 e. The zero-order chi connectivity index (χ0) is 13.7. The van der Waals surface area contributed by atoms with Crippen LogP contribution in [0.15, 0.2) is 42.6 Å². The van der Waals surface area contributed by atoms with Crippen molar-refractivity contribution in [3.05, 3.63) is 48.2 Å². The monoisotopic (exact) mass is 258 g/mol. The van der Waals surface area contributed by atoms with E-state index in [0.717, 1.165) is 5.75 Å². The van der Waals surface area contributed by atoms with Gasteiger partial charge in [-0.25, -0.2) is 4.98 Å². The molecule has 1 heterocycles. The number of methoxy groups -OCH3 is 2. The van der Waals surface area contributed by atoms with E-state index in [0.29, 0.717) is 17.1 Å². The van der Waals surface area contributed by atoms with Crippen LogP contribution in [0.2, 0.25) is 0 Å². The van der Waals surface area contributed by atoms with Gasteiger partial charge in [-0.3, -0.25) is 4.79 Å². The van der Waals surface area contributed by atoms with Crippen LogP contribution >= 0.6 is 0 Å². The van der Waals surface area contributed by atoms with Crippen molar-refractivity contribution in [3.63, 3.8) is 0 Å². The number of benzene rings is 1. The van der Waals surface area contributed by atoms with E-state index in [9.17, 15) is 4.79 Å². The Labute approximate surface area is 111 Å². The van der Waals surface area contributed by atoms with Gasteiger partial charge in [0.05, 0.1) is 14.2 Å². The normalized spacial score (nSPS) is 9.79. The van der Waals surface area contributed by atoms with Gasteiger partial charge in [0.15, 0.2) is 0 Å². The molecular formula is C14H14N2O3. The quantitative estimate of drug-likeness (QED) is 0.914. The predicted octanol–water partition coefficient (Wildman–Crippen LogP) is 2.35. The number of carbonyl (C=O) groups excluding carboxylic acids is 1. The highest BCUT2D eigenvalue weighted by molar-refractivity contribution is 6.05. The summed E-state index contributed by atoms with van der Waals surface area (Å²) in [7, 11) is 3.07. The van der Waals surface area contributed by atoms with Gasteiger partial charge in [-0.2, -0.15) is 0 Å². The fraction of sp³-hybridized carbons (Fsp3) is 0.143. The Balaban J connectivity index is 2.16. The zero-order valence-corrected chi connectivity index (χ0v) is 10.7. The molecule has 0 aliphatic carbocycles. The number of rotatable bonds is 4. The highest BCUT2D eigenvalue weighted by Crippen LogP contribution is 2.18. The Morgan fingerprint density at radius 1 is 1.11 bits per heavy atom. The topological polar surface area (TPSA) is 60.5 Å². The zero-order valence-electron chi connectivity index (χ0n) is 10.7. The summed E-state index contributed by atoms with van der Waals surface area (Å²) in [6.45, 7) is 0. The lowest BCUT2D eigenvalue weighted by atomic mass is 10.2. The van der Waals surface area contributed by atoms with Crippen LogP contribution in [0, 0.1) is 0 Å². The summed E-state index contributed by atoms with van der Waals surface area (Å²) < 4.78 is 10.1. The fourth-order valence-corrected chi connectivity index (χ4v) is 1.60. The second-order valence-corrected chi connectivity index (χ2v) is 3.74. The average molecular weight is 258 g/mol. The van der Waals surface area contributed by atoms with Gasteiger partial charge in [0.2, 0.25) is 5.88 Å². The molecule has 0 spiro atoms. The van der Waals surface area contributed by atoms with Gasteiger partial charge >= 0.3 is 0 Å². The molecule has 1 aromatic heterocycles. The Bertz CT molecular complexity index is 567. The molecule has 0 saturated carbocycles. The third-order valence-corrected chi connectivity index (χ3v) is 2.56. The SMILES string of the molecule is COc1ccc(NC(=O)c2cccnc2OC)cc1. The van der Waals surface area contributed by atoms with Crippen molar-refractivity contribution in [3.8, 4) is 11.6 Å². The first kappa shape index (κ1) is 12.9. The predicted molar refractivity (Wildman–Crippen MR) is 71.7 cm³/mol. The molecule has 1 N–H and O–H groups in total. The number of ether oxygens (including phenoxy) is 2. The summed E-state index contributed by atoms with van der Waals surface area (Å²) in [4.78, 5) is 16.1. The van der Waals surface area contributed by atoms with Crippen molar-refractivity contribution in [2.45, 2.75) is 0 Å². The van der Waals surface area contributed by atoms with E-state index in [1.54, 1.807) is 49.7 Å². The van der Waals surface area contributed by atoms with E-state index >= 15 is 0 Å². The highest BCUT2D eigenvalue weighted by atomic mass is 16.5. The molecule has 5 nitrogen and oxygen atoms in total. The first-order valence-corrected chi connectivity index (χ1v) is 5.69. The molecular weight excluding hydrogens is 244 g/mol. The van der Waals surface area contributed by atoms with Gasteiger partial charge in [-0.05, 0) is 36.4 Å². The van der Waals surface area contributed by atoms with Crippen LogP contribution in [0.5, 0.6) is 11.6 Å². The minimum absolute atomic E-state index is 0.268. The van der Waals surface area contributed by atoms with Gasteiger partial charge in [0.1, 0.15) is 11.3 Å². The molecule has 19 heavy (non-hydrogen) atoms. The molecule has 2 aromatic rings. The number of nitrogens with one attached hydrogen (secondary N) is 1. The summed E-state index contributed by atoms with van der Waals surface area (Å²) in [6.07, 6.45) is 1.57. The van der Waals surface area contributed by atoms with Crippen LogP contribution in [-0.4, -0.2) is 25.1 Å². The summed E-state index contributed by atoms with van der Waals surface area (Å²) in [5.41, 5.74) is 1.07. The Hall–Kier alpha value is -2.56. The molecule has 0 saturated heterocycles. The standard InChI is InChI=1S/C14H14N2O3/c1-18-11-7-5-10(6-8-11)16-13(17)12-4-3-9-15-14(12)19-2/h3-9H,1-2H3,(H,16,17). The Morgan fingerprint density at radius 2 is 1.84 bits per heavy atom. The molecule has 0 atom stereocenters. The largest absolute Gasteiger partial charge is 0.497 e. The van der Waals surface area contributed by atoms with Gasteiger partial charge in [-0.1, -0.05) is 0 Å². The van der Waals surface area contributed by atoms with Gasteiger partial charge in [0, 0.05) is 11.9 Å². The van der Waals surface area contributed by atoms with Gasteiger partial charge in [-0.15, -0.1) is 0 Å². The van der Waals surface area contributed by atoms with Crippen molar-refractivity contribution in [1.29, 1.82) is 0 Å². The lowest BCUT2D eigenvalue weighted by molar-refractivity contribution is 0.102. The average Bonchev–Trinajstić information content (AvgIpc) is 2.48. The van der Waals surface area contributed by atoms with Crippen molar-refractivity contribution in [2.75, 3.05) is 19.5 Å². The Kier molecular flexibility index (Phi) is 3.97. The number of hydrogen-bond donors (Lipinski definition) is 1. The highest BCUT2D eigenvalue weighted by Gasteiger charge is 2.12. The van der Waals surface area contributed by atoms with E-state index in [-0.39, 0.29) is 5.91 Å². The van der Waals surface area contributed by atoms with Crippen LogP contribution in [0.4, 0.5) is 5.69 Å². The van der Waals surface area contributed by atoms with E-state index in [1.807, 2.05) is 0 Å². The second kappa shape index (κ2) is 5.86. The van der Waals surface area contributed by atoms with Crippen LogP contribution in [0.25, 0.3) is 0 Å². The number of pyridine rings is 1. The summed E-state index contributed by atoms with van der Waals surface area (Å²) in [6, 6.07) is 10.4. The summed E-state index contributed by atoms with van der Waals surface area (Å²) in [5.74, 6) is 0.764. The van der Waals surface area contributed by atoms with E-state index < -0.39 is 0 Å². The number of aromatic nitrogens is 1. The molecule has 0 aliphatic rings.